The van der Waals surface area contributed by atoms with E-state index in [1.165, 1.54) is 0 Å². The van der Waals surface area contributed by atoms with Gasteiger partial charge in [-0.3, -0.25) is 0 Å². The number of anilines is 2. The smallest absolute Gasteiger partial charge is 0.337 e. The van der Waals surface area contributed by atoms with Crippen LogP contribution >= 0.6 is 0 Å². The molecule has 0 radical (unpaired) electrons. The maximum absolute atomic E-state index is 12.8. The topological polar surface area (TPSA) is 89.7 Å². The predicted molar refractivity (Wildman–Crippen MR) is 144 cm³/mol. The fraction of sp³-hybridized carbons (Fsp3) is 0.345. The molecule has 2 aromatic carbocycles. The van der Waals surface area contributed by atoms with Crippen LogP contribution in [0.25, 0.3) is 22.0 Å². The van der Waals surface area contributed by atoms with Crippen molar-refractivity contribution >= 4 is 28.5 Å². The summed E-state index contributed by atoms with van der Waals surface area (Å²) in [7, 11) is 1.58. The van der Waals surface area contributed by atoms with Gasteiger partial charge in [-0.1, -0.05) is 30.3 Å². The van der Waals surface area contributed by atoms with Gasteiger partial charge in [0.15, 0.2) is 11.9 Å². The molecule has 192 valence electrons. The number of ether oxygens (including phenoxy) is 2. The van der Waals surface area contributed by atoms with E-state index >= 15 is 0 Å². The normalized spacial score (nSPS) is 14.2. The van der Waals surface area contributed by atoms with Crippen molar-refractivity contribution in [3.63, 3.8) is 0 Å². The number of carbonyl (C=O) groups is 1. The number of benzene rings is 2. The van der Waals surface area contributed by atoms with E-state index in [1.807, 2.05) is 58.0 Å². The maximum atomic E-state index is 12.8. The lowest BCUT2D eigenvalue weighted by Crippen LogP contribution is -2.32. The molecule has 1 N–H and O–H groups in total. The van der Waals surface area contributed by atoms with Gasteiger partial charge in [0.05, 0.1) is 36.3 Å². The Morgan fingerprint density at radius 2 is 1.76 bits per heavy atom. The van der Waals surface area contributed by atoms with Crippen LogP contribution in [0.15, 0.2) is 48.8 Å². The van der Waals surface area contributed by atoms with Crippen LogP contribution in [0.4, 0.5) is 11.6 Å². The van der Waals surface area contributed by atoms with E-state index in [4.69, 9.17) is 9.47 Å². The molecule has 37 heavy (non-hydrogen) atoms. The number of aromatic nitrogens is 3. The standard InChI is InChI=1S/C29H32N4O4/c1-17-14-21-23(19-10-8-7-9-11-19)22(26(27(34)35)37-29(3,4)5)18(2)24-25(21)32(17)12-13-33(24)28-30-15-20(36-6)16-31-28/h7-11,14-16,26H,12-13H2,1-6H3,(H,34,35)/t26-/m0/s1. The Kier molecular flexibility index (Phi) is 6.15. The molecule has 0 spiro atoms. The summed E-state index contributed by atoms with van der Waals surface area (Å²) < 4.78 is 13.8. The molecule has 0 aliphatic carbocycles. The quantitative estimate of drug-likeness (QED) is 0.357. The molecule has 8 heteroatoms. The predicted octanol–water partition coefficient (Wildman–Crippen LogP) is 5.82. The van der Waals surface area contributed by atoms with Crippen LogP contribution in [0.5, 0.6) is 5.75 Å². The number of hydrogen-bond acceptors (Lipinski definition) is 6. The molecule has 1 aliphatic heterocycles. The Labute approximate surface area is 216 Å². The molecule has 1 atom stereocenters. The summed E-state index contributed by atoms with van der Waals surface area (Å²) in [5.74, 6) is 0.0878. The molecule has 0 amide bonds. The first-order chi connectivity index (χ1) is 17.6. The van der Waals surface area contributed by atoms with Gasteiger partial charge in [0.25, 0.3) is 0 Å². The van der Waals surface area contributed by atoms with E-state index in [1.54, 1.807) is 19.5 Å². The zero-order valence-electron chi connectivity index (χ0n) is 22.1. The Morgan fingerprint density at radius 3 is 2.35 bits per heavy atom. The van der Waals surface area contributed by atoms with Crippen molar-refractivity contribution in [2.75, 3.05) is 18.6 Å². The molecule has 5 rings (SSSR count). The van der Waals surface area contributed by atoms with Crippen LogP contribution in [-0.2, 0) is 16.1 Å². The number of carboxylic acid groups (broad SMARTS) is 1. The second-order valence-electron chi connectivity index (χ2n) is 10.4. The van der Waals surface area contributed by atoms with Gasteiger partial charge in [0.1, 0.15) is 0 Å². The minimum Gasteiger partial charge on any atom is -0.494 e. The van der Waals surface area contributed by atoms with Crippen LogP contribution in [0.1, 0.15) is 43.7 Å². The van der Waals surface area contributed by atoms with Crippen LogP contribution in [0, 0.1) is 13.8 Å². The van der Waals surface area contributed by atoms with Gasteiger partial charge in [0, 0.05) is 29.7 Å². The van der Waals surface area contributed by atoms with Crippen molar-refractivity contribution in [3.05, 3.63) is 65.6 Å². The summed E-state index contributed by atoms with van der Waals surface area (Å²) in [4.78, 5) is 24.0. The minimum atomic E-state index is -1.17. The van der Waals surface area contributed by atoms with Gasteiger partial charge in [-0.2, -0.15) is 0 Å². The largest absolute Gasteiger partial charge is 0.494 e. The fourth-order valence-corrected chi connectivity index (χ4v) is 5.27. The molecule has 2 aromatic heterocycles. The average molecular weight is 501 g/mol. The van der Waals surface area contributed by atoms with Gasteiger partial charge in [-0.15, -0.1) is 0 Å². The highest BCUT2D eigenvalue weighted by Gasteiger charge is 2.36. The first-order valence-corrected chi connectivity index (χ1v) is 12.4. The summed E-state index contributed by atoms with van der Waals surface area (Å²) in [5, 5.41) is 11.4. The van der Waals surface area contributed by atoms with Crippen molar-refractivity contribution in [3.8, 4) is 16.9 Å². The van der Waals surface area contributed by atoms with Crippen molar-refractivity contribution in [2.24, 2.45) is 0 Å². The monoisotopic (exact) mass is 500 g/mol. The molecule has 0 unspecified atom stereocenters. The van der Waals surface area contributed by atoms with E-state index in [2.05, 4.69) is 32.4 Å². The lowest BCUT2D eigenvalue weighted by atomic mass is 9.87. The van der Waals surface area contributed by atoms with Crippen LogP contribution in [-0.4, -0.2) is 44.9 Å². The lowest BCUT2D eigenvalue weighted by molar-refractivity contribution is -0.160. The highest BCUT2D eigenvalue weighted by molar-refractivity contribution is 6.08. The molecule has 1 aliphatic rings. The number of aliphatic carboxylic acids is 1. The van der Waals surface area contributed by atoms with Crippen LogP contribution < -0.4 is 9.64 Å². The van der Waals surface area contributed by atoms with Gasteiger partial charge in [0.2, 0.25) is 5.95 Å². The van der Waals surface area contributed by atoms with E-state index in [0.29, 0.717) is 23.8 Å². The van der Waals surface area contributed by atoms with Gasteiger partial charge in [-0.05, 0) is 57.4 Å². The molecule has 0 bridgehead atoms. The number of hydrogen-bond donors (Lipinski definition) is 1. The number of rotatable bonds is 6. The van der Waals surface area contributed by atoms with Crippen molar-refractivity contribution in [1.29, 1.82) is 0 Å². The van der Waals surface area contributed by atoms with Crippen molar-refractivity contribution in [1.82, 2.24) is 14.5 Å². The van der Waals surface area contributed by atoms with Gasteiger partial charge >= 0.3 is 5.97 Å². The van der Waals surface area contributed by atoms with Crippen molar-refractivity contribution < 1.29 is 19.4 Å². The third-order valence-electron chi connectivity index (χ3n) is 6.76. The van der Waals surface area contributed by atoms with Gasteiger partial charge < -0.3 is 24.0 Å². The Bertz CT molecular complexity index is 1470. The third kappa shape index (κ3) is 4.31. The highest BCUT2D eigenvalue weighted by atomic mass is 16.5. The molecule has 3 heterocycles. The average Bonchev–Trinajstić information content (AvgIpc) is 3.21. The molecular formula is C29H32N4O4. The summed E-state index contributed by atoms with van der Waals surface area (Å²) >= 11 is 0. The number of nitrogens with zero attached hydrogens (tertiary/aromatic N) is 4. The number of carboxylic acids is 1. The third-order valence-corrected chi connectivity index (χ3v) is 6.76. The van der Waals surface area contributed by atoms with Crippen LogP contribution in [0.3, 0.4) is 0 Å². The molecular weight excluding hydrogens is 468 g/mol. The second-order valence-corrected chi connectivity index (χ2v) is 10.4. The van der Waals surface area contributed by atoms with E-state index in [0.717, 1.165) is 45.5 Å². The van der Waals surface area contributed by atoms with E-state index in [-0.39, 0.29) is 0 Å². The van der Waals surface area contributed by atoms with E-state index in [9.17, 15) is 9.90 Å². The minimum absolute atomic E-state index is 0.539. The molecule has 4 aromatic rings. The lowest BCUT2D eigenvalue weighted by Gasteiger charge is -2.34. The Balaban J connectivity index is 1.88. The fourth-order valence-electron chi connectivity index (χ4n) is 5.27. The number of aryl methyl sites for hydroxylation is 1. The Morgan fingerprint density at radius 1 is 1.08 bits per heavy atom. The molecule has 0 fully saturated rings. The maximum Gasteiger partial charge on any atom is 0.337 e. The van der Waals surface area contributed by atoms with Crippen LogP contribution in [0.2, 0.25) is 0 Å². The molecule has 0 saturated heterocycles. The zero-order chi connectivity index (χ0) is 26.5. The summed E-state index contributed by atoms with van der Waals surface area (Å²) in [6.45, 7) is 11.1. The summed E-state index contributed by atoms with van der Waals surface area (Å²) in [6.07, 6.45) is 2.13. The molecule has 8 nitrogen and oxygen atoms in total. The summed E-state index contributed by atoms with van der Waals surface area (Å²) in [6, 6.07) is 12.1. The first kappa shape index (κ1) is 24.8. The van der Waals surface area contributed by atoms with E-state index < -0.39 is 17.7 Å². The Hall–Kier alpha value is -3.91. The molecule has 0 saturated carbocycles. The summed E-state index contributed by atoms with van der Waals surface area (Å²) in [5.41, 5.74) is 5.70. The SMILES string of the molecule is COc1cnc(N2CCn3c(C)cc4c(-c5ccccc5)c([C@H](OC(C)(C)C)C(=O)O)c(C)c2c43)nc1. The number of methoxy groups -OCH3 is 1. The van der Waals surface area contributed by atoms with Gasteiger partial charge in [-0.25, -0.2) is 14.8 Å². The first-order valence-electron chi connectivity index (χ1n) is 12.4. The second kappa shape index (κ2) is 9.19. The zero-order valence-corrected chi connectivity index (χ0v) is 22.1. The van der Waals surface area contributed by atoms with Crippen molar-refractivity contribution in [2.45, 2.75) is 52.9 Å². The highest BCUT2D eigenvalue weighted by Crippen LogP contribution is 2.48.